The number of anilines is 1. The summed E-state index contributed by atoms with van der Waals surface area (Å²) in [5.74, 6) is 0.862. The topological polar surface area (TPSA) is 73.9 Å². The number of nitrogens with zero attached hydrogens (tertiary/aromatic N) is 3. The molecule has 4 rings (SSSR count). The van der Waals surface area contributed by atoms with E-state index in [1.54, 1.807) is 12.1 Å². The number of halogens is 1. The van der Waals surface area contributed by atoms with E-state index in [4.69, 9.17) is 0 Å². The summed E-state index contributed by atoms with van der Waals surface area (Å²) in [4.78, 5) is 27.2. The number of amides is 1. The van der Waals surface area contributed by atoms with E-state index < -0.39 is 0 Å². The molecule has 2 heterocycles. The van der Waals surface area contributed by atoms with Gasteiger partial charge < -0.3 is 15.2 Å². The van der Waals surface area contributed by atoms with Gasteiger partial charge in [0.2, 0.25) is 5.91 Å². The van der Waals surface area contributed by atoms with Crippen molar-refractivity contribution < 1.29 is 9.18 Å². The van der Waals surface area contributed by atoms with Crippen LogP contribution in [0.25, 0.3) is 10.9 Å². The molecular weight excluding hydrogens is 405 g/mol. The molecule has 32 heavy (non-hydrogen) atoms. The smallest absolute Gasteiger partial charge is 0.224 e. The van der Waals surface area contributed by atoms with Crippen molar-refractivity contribution >= 4 is 22.6 Å². The molecule has 4 aromatic rings. The highest BCUT2D eigenvalue weighted by Crippen LogP contribution is 2.25. The fourth-order valence-electron chi connectivity index (χ4n) is 3.81. The maximum Gasteiger partial charge on any atom is 0.224 e. The van der Waals surface area contributed by atoms with Gasteiger partial charge in [-0.25, -0.2) is 14.4 Å². The van der Waals surface area contributed by atoms with Crippen LogP contribution in [0.15, 0.2) is 60.8 Å². The molecule has 0 spiro atoms. The van der Waals surface area contributed by atoms with Crippen LogP contribution >= 0.6 is 0 Å². The lowest BCUT2D eigenvalue weighted by atomic mass is 10.0. The quantitative estimate of drug-likeness (QED) is 0.462. The van der Waals surface area contributed by atoms with Crippen LogP contribution < -0.4 is 10.2 Å². The number of nitrogens with one attached hydrogen (secondary N) is 2. The number of hydrogen-bond acceptors (Lipinski definition) is 4. The average molecular weight is 432 g/mol. The maximum absolute atomic E-state index is 13.6. The molecule has 0 aliphatic heterocycles. The largest absolute Gasteiger partial charge is 0.363 e. The minimum Gasteiger partial charge on any atom is -0.363 e. The lowest BCUT2D eigenvalue weighted by Crippen LogP contribution is -2.32. The molecule has 0 unspecified atom stereocenters. The standard InChI is InChI=1S/C25H26FN5O/c1-16-28-23(14-24(29-16)31(2)3)22(13-18-15-27-21-10-5-4-9-20(18)21)30-25(32)12-17-7-6-8-19(26)11-17/h4-11,14-15,22,27H,12-13H2,1-3H3,(H,30,32)/t22-/m0/s1. The third-order valence-corrected chi connectivity index (χ3v) is 5.35. The fourth-order valence-corrected chi connectivity index (χ4v) is 3.81. The van der Waals surface area contributed by atoms with Crippen molar-refractivity contribution in [2.75, 3.05) is 19.0 Å². The molecule has 0 aliphatic carbocycles. The number of para-hydroxylation sites is 1. The molecule has 1 atom stereocenters. The van der Waals surface area contributed by atoms with Gasteiger partial charge in [-0.05, 0) is 36.2 Å². The molecule has 0 fully saturated rings. The minimum atomic E-state index is -0.365. The molecule has 0 bridgehead atoms. The normalized spacial score (nSPS) is 12.0. The molecule has 1 amide bonds. The number of benzene rings is 2. The first-order valence-corrected chi connectivity index (χ1v) is 10.5. The number of carbonyl (C=O) groups excluding carboxylic acids is 1. The Labute approximate surface area is 186 Å². The Hall–Kier alpha value is -3.74. The van der Waals surface area contributed by atoms with E-state index in [2.05, 4.69) is 26.3 Å². The molecule has 2 N–H and O–H groups in total. The second kappa shape index (κ2) is 9.18. The number of hydrogen-bond donors (Lipinski definition) is 2. The molecule has 6 nitrogen and oxygen atoms in total. The number of rotatable bonds is 7. The van der Waals surface area contributed by atoms with Gasteiger partial charge in [-0.1, -0.05) is 30.3 Å². The van der Waals surface area contributed by atoms with Crippen molar-refractivity contribution in [3.8, 4) is 0 Å². The Morgan fingerprint density at radius 3 is 2.72 bits per heavy atom. The Morgan fingerprint density at radius 2 is 1.94 bits per heavy atom. The third-order valence-electron chi connectivity index (χ3n) is 5.35. The van der Waals surface area contributed by atoms with Crippen LogP contribution in [0.2, 0.25) is 0 Å². The lowest BCUT2D eigenvalue weighted by molar-refractivity contribution is -0.121. The van der Waals surface area contributed by atoms with Crippen molar-refractivity contribution in [1.29, 1.82) is 0 Å². The summed E-state index contributed by atoms with van der Waals surface area (Å²) in [6.45, 7) is 1.84. The van der Waals surface area contributed by atoms with E-state index in [9.17, 15) is 9.18 Å². The SMILES string of the molecule is Cc1nc([C@H](Cc2c[nH]c3ccccc23)NC(=O)Cc2cccc(F)c2)cc(N(C)C)n1. The Bertz CT molecular complexity index is 1250. The molecule has 0 radical (unpaired) electrons. The van der Waals surface area contributed by atoms with E-state index >= 15 is 0 Å². The van der Waals surface area contributed by atoms with Crippen molar-refractivity contribution in [2.45, 2.75) is 25.8 Å². The van der Waals surface area contributed by atoms with Crippen molar-refractivity contribution in [2.24, 2.45) is 0 Å². The van der Waals surface area contributed by atoms with Crippen LogP contribution in [0.5, 0.6) is 0 Å². The second-order valence-corrected chi connectivity index (χ2v) is 8.08. The zero-order chi connectivity index (χ0) is 22.7. The Kier molecular flexibility index (Phi) is 6.16. The number of carbonyl (C=O) groups is 1. The van der Waals surface area contributed by atoms with Gasteiger partial charge in [-0.15, -0.1) is 0 Å². The minimum absolute atomic E-state index is 0.0900. The van der Waals surface area contributed by atoms with Crippen LogP contribution in [-0.4, -0.2) is 35.0 Å². The van der Waals surface area contributed by atoms with Gasteiger partial charge in [-0.2, -0.15) is 0 Å². The summed E-state index contributed by atoms with van der Waals surface area (Å²) in [7, 11) is 3.84. The van der Waals surface area contributed by atoms with Crippen LogP contribution in [0.1, 0.15) is 28.7 Å². The van der Waals surface area contributed by atoms with Gasteiger partial charge in [0.05, 0.1) is 18.2 Å². The van der Waals surface area contributed by atoms with E-state index in [1.165, 1.54) is 12.1 Å². The fraction of sp³-hybridized carbons (Fsp3) is 0.240. The van der Waals surface area contributed by atoms with E-state index in [0.29, 0.717) is 17.8 Å². The number of aromatic amines is 1. The third kappa shape index (κ3) is 4.94. The van der Waals surface area contributed by atoms with Crippen LogP contribution in [0.4, 0.5) is 10.2 Å². The van der Waals surface area contributed by atoms with Gasteiger partial charge >= 0.3 is 0 Å². The van der Waals surface area contributed by atoms with E-state index in [1.807, 2.05) is 56.4 Å². The highest BCUT2D eigenvalue weighted by molar-refractivity contribution is 5.83. The molecule has 0 aliphatic rings. The van der Waals surface area contributed by atoms with Crippen molar-refractivity contribution in [3.05, 3.63) is 89.3 Å². The summed E-state index contributed by atoms with van der Waals surface area (Å²) >= 11 is 0. The molecular formula is C25H26FN5O. The summed E-state index contributed by atoms with van der Waals surface area (Å²) in [6.07, 6.45) is 2.62. The van der Waals surface area contributed by atoms with Gasteiger partial charge in [0, 0.05) is 43.7 Å². The molecule has 164 valence electrons. The van der Waals surface area contributed by atoms with Gasteiger partial charge in [0.1, 0.15) is 17.5 Å². The molecule has 0 saturated carbocycles. The summed E-state index contributed by atoms with van der Waals surface area (Å²) < 4.78 is 13.6. The Morgan fingerprint density at radius 1 is 1.12 bits per heavy atom. The zero-order valence-electron chi connectivity index (χ0n) is 18.4. The zero-order valence-corrected chi connectivity index (χ0v) is 18.4. The van der Waals surface area contributed by atoms with Crippen LogP contribution in [0.3, 0.4) is 0 Å². The highest BCUT2D eigenvalue weighted by atomic mass is 19.1. The van der Waals surface area contributed by atoms with Crippen molar-refractivity contribution in [1.82, 2.24) is 20.3 Å². The molecule has 2 aromatic carbocycles. The first-order valence-electron chi connectivity index (χ1n) is 10.5. The maximum atomic E-state index is 13.6. The number of aromatic nitrogens is 3. The van der Waals surface area contributed by atoms with E-state index in [0.717, 1.165) is 28.0 Å². The average Bonchev–Trinajstić information content (AvgIpc) is 3.16. The van der Waals surface area contributed by atoms with Gasteiger partial charge in [0.25, 0.3) is 0 Å². The van der Waals surface area contributed by atoms with Crippen molar-refractivity contribution in [3.63, 3.8) is 0 Å². The molecule has 2 aromatic heterocycles. The van der Waals surface area contributed by atoms with Crippen LogP contribution in [0, 0.1) is 12.7 Å². The second-order valence-electron chi connectivity index (χ2n) is 8.08. The van der Waals surface area contributed by atoms with Gasteiger partial charge in [-0.3, -0.25) is 4.79 Å². The molecule has 7 heteroatoms. The molecule has 0 saturated heterocycles. The predicted octanol–water partition coefficient (Wildman–Crippen LogP) is 4.11. The first-order chi connectivity index (χ1) is 15.4. The lowest BCUT2D eigenvalue weighted by Gasteiger charge is -2.21. The number of aryl methyl sites for hydroxylation is 1. The van der Waals surface area contributed by atoms with Crippen LogP contribution in [-0.2, 0) is 17.6 Å². The number of fused-ring (bicyclic) bond motifs is 1. The Balaban J connectivity index is 1.65. The van der Waals surface area contributed by atoms with Gasteiger partial charge in [0.15, 0.2) is 0 Å². The summed E-state index contributed by atoms with van der Waals surface area (Å²) in [6, 6.07) is 15.7. The number of H-pyrrole nitrogens is 1. The summed E-state index contributed by atoms with van der Waals surface area (Å²) in [5.41, 5.74) is 3.49. The first kappa shape index (κ1) is 21.5. The summed E-state index contributed by atoms with van der Waals surface area (Å²) in [5, 5.41) is 4.22. The predicted molar refractivity (Wildman–Crippen MR) is 124 cm³/mol. The highest BCUT2D eigenvalue weighted by Gasteiger charge is 2.20. The monoisotopic (exact) mass is 431 g/mol. The van der Waals surface area contributed by atoms with E-state index in [-0.39, 0.29) is 24.2 Å².